The molecule has 0 aliphatic carbocycles. The molecule has 8 heteroatoms. The van der Waals surface area contributed by atoms with Crippen molar-refractivity contribution in [3.63, 3.8) is 0 Å². The Morgan fingerprint density at radius 2 is 2.07 bits per heavy atom. The van der Waals surface area contributed by atoms with Crippen LogP contribution in [0, 0.1) is 0 Å². The van der Waals surface area contributed by atoms with Crippen molar-refractivity contribution in [3.05, 3.63) is 42.1 Å². The average molecular weight is 401 g/mol. The molecule has 0 spiro atoms. The summed E-state index contributed by atoms with van der Waals surface area (Å²) >= 11 is 1.52. The highest BCUT2D eigenvalue weighted by Crippen LogP contribution is 2.30. The molecule has 2 saturated heterocycles. The lowest BCUT2D eigenvalue weighted by atomic mass is 10.1. The fraction of sp³-hybridized carbons (Fsp3) is 0.450. The molecule has 0 N–H and O–H groups in total. The average Bonchev–Trinajstić information content (AvgIpc) is 3.26. The Bertz CT molecular complexity index is 832. The normalized spacial score (nSPS) is 21.0. The van der Waals surface area contributed by atoms with E-state index in [0.717, 1.165) is 36.1 Å². The maximum Gasteiger partial charge on any atom is 0.410 e. The predicted molar refractivity (Wildman–Crippen MR) is 108 cm³/mol. The maximum atomic E-state index is 12.3. The third-order valence-electron chi connectivity index (χ3n) is 5.27. The molecule has 2 atom stereocenters. The van der Waals surface area contributed by atoms with Crippen molar-refractivity contribution >= 4 is 23.7 Å². The van der Waals surface area contributed by atoms with Crippen LogP contribution in [0.5, 0.6) is 5.75 Å². The molecule has 0 radical (unpaired) electrons. The minimum absolute atomic E-state index is 0.0797. The number of aryl methyl sites for hydroxylation is 1. The number of benzene rings is 1. The maximum absolute atomic E-state index is 12.3. The van der Waals surface area contributed by atoms with Crippen LogP contribution in [0.1, 0.15) is 12.0 Å². The summed E-state index contributed by atoms with van der Waals surface area (Å²) in [5, 5.41) is 0.753. The summed E-state index contributed by atoms with van der Waals surface area (Å²) in [5.74, 6) is 1.75. The van der Waals surface area contributed by atoms with Crippen LogP contribution in [-0.2, 0) is 11.2 Å². The zero-order valence-electron chi connectivity index (χ0n) is 16.1. The van der Waals surface area contributed by atoms with Gasteiger partial charge in [0, 0.05) is 19.3 Å². The molecule has 148 valence electrons. The number of amides is 1. The summed E-state index contributed by atoms with van der Waals surface area (Å²) in [4.78, 5) is 25.2. The van der Waals surface area contributed by atoms with E-state index < -0.39 is 0 Å². The van der Waals surface area contributed by atoms with Crippen molar-refractivity contribution in [1.29, 1.82) is 0 Å². The highest BCUT2D eigenvalue weighted by atomic mass is 32.2. The number of anilines is 1. The largest absolute Gasteiger partial charge is 0.497 e. The van der Waals surface area contributed by atoms with Gasteiger partial charge in [-0.2, -0.15) is 0 Å². The molecular formula is C20H24N4O3S. The van der Waals surface area contributed by atoms with Gasteiger partial charge in [-0.05, 0) is 42.9 Å². The number of carbonyl (C=O) groups excluding carboxylic acids is 1. The van der Waals surface area contributed by atoms with E-state index in [2.05, 4.69) is 27.0 Å². The van der Waals surface area contributed by atoms with E-state index in [4.69, 9.17) is 9.47 Å². The van der Waals surface area contributed by atoms with Crippen molar-refractivity contribution in [3.8, 4) is 5.75 Å². The van der Waals surface area contributed by atoms with Crippen LogP contribution in [0.25, 0.3) is 0 Å². The van der Waals surface area contributed by atoms with Crippen molar-refractivity contribution < 1.29 is 14.3 Å². The Kier molecular flexibility index (Phi) is 5.57. The van der Waals surface area contributed by atoms with Crippen molar-refractivity contribution in [1.82, 2.24) is 14.9 Å². The van der Waals surface area contributed by atoms with Gasteiger partial charge < -0.3 is 14.4 Å². The number of nitrogens with zero attached hydrogens (tertiary/aromatic N) is 4. The summed E-state index contributed by atoms with van der Waals surface area (Å²) in [6, 6.07) is 10.1. The van der Waals surface area contributed by atoms with Crippen LogP contribution in [0.15, 0.2) is 41.7 Å². The molecule has 1 aromatic carbocycles. The van der Waals surface area contributed by atoms with Gasteiger partial charge in [-0.25, -0.2) is 14.8 Å². The fourth-order valence-electron chi connectivity index (χ4n) is 3.80. The minimum Gasteiger partial charge on any atom is -0.497 e. The van der Waals surface area contributed by atoms with Gasteiger partial charge in [0.15, 0.2) is 5.16 Å². The van der Waals surface area contributed by atoms with Crippen molar-refractivity contribution in [2.24, 2.45) is 0 Å². The number of rotatable bonds is 7. The molecule has 2 aromatic rings. The highest BCUT2D eigenvalue weighted by molar-refractivity contribution is 7.98. The molecule has 28 heavy (non-hydrogen) atoms. The van der Waals surface area contributed by atoms with Crippen LogP contribution >= 0.6 is 11.8 Å². The number of methoxy groups -OCH3 is 1. The first-order chi connectivity index (χ1) is 13.7. The van der Waals surface area contributed by atoms with E-state index in [9.17, 15) is 4.79 Å². The van der Waals surface area contributed by atoms with Gasteiger partial charge in [0.2, 0.25) is 0 Å². The van der Waals surface area contributed by atoms with Gasteiger partial charge in [0.1, 0.15) is 17.7 Å². The first-order valence-corrected chi connectivity index (χ1v) is 10.6. The summed E-state index contributed by atoms with van der Waals surface area (Å²) in [6.45, 7) is 2.11. The lowest BCUT2D eigenvalue weighted by molar-refractivity contribution is 0.135. The van der Waals surface area contributed by atoms with Gasteiger partial charge in [-0.1, -0.05) is 23.9 Å². The number of hydrogen-bond acceptors (Lipinski definition) is 7. The molecule has 0 bridgehead atoms. The third kappa shape index (κ3) is 3.87. The van der Waals surface area contributed by atoms with E-state index in [1.54, 1.807) is 13.3 Å². The molecule has 7 nitrogen and oxygen atoms in total. The van der Waals surface area contributed by atoms with Gasteiger partial charge in [-0.3, -0.25) is 4.90 Å². The SMILES string of the molecule is COc1ccc(CCCN2C(=O)O[C@@H]3CN(c4ccnc(SC)n4)C[C@@H]32)cc1. The number of carbonyl (C=O) groups is 1. The molecular weight excluding hydrogens is 376 g/mol. The Morgan fingerprint density at radius 1 is 1.25 bits per heavy atom. The summed E-state index contributed by atoms with van der Waals surface area (Å²) in [7, 11) is 1.67. The first-order valence-electron chi connectivity index (χ1n) is 9.40. The number of thioether (sulfide) groups is 1. The first kappa shape index (κ1) is 18.9. The second kappa shape index (κ2) is 8.26. The Morgan fingerprint density at radius 3 is 2.82 bits per heavy atom. The summed E-state index contributed by atoms with van der Waals surface area (Å²) in [6.07, 6.45) is 5.26. The lowest BCUT2D eigenvalue weighted by Crippen LogP contribution is -2.38. The number of hydrogen-bond donors (Lipinski definition) is 0. The van der Waals surface area contributed by atoms with Crippen LogP contribution < -0.4 is 9.64 Å². The second-order valence-corrected chi connectivity index (χ2v) is 7.71. The van der Waals surface area contributed by atoms with E-state index >= 15 is 0 Å². The highest BCUT2D eigenvalue weighted by Gasteiger charge is 2.47. The van der Waals surface area contributed by atoms with Crippen molar-refractivity contribution in [2.75, 3.05) is 37.9 Å². The molecule has 2 aliphatic rings. The fourth-order valence-corrected chi connectivity index (χ4v) is 4.15. The zero-order valence-corrected chi connectivity index (χ0v) is 16.9. The predicted octanol–water partition coefficient (Wildman–Crippen LogP) is 2.85. The molecule has 1 aromatic heterocycles. The summed E-state index contributed by atoms with van der Waals surface area (Å²) < 4.78 is 10.8. The Balaban J connectivity index is 1.35. The summed E-state index contributed by atoms with van der Waals surface area (Å²) in [5.41, 5.74) is 1.24. The van der Waals surface area contributed by atoms with E-state index in [-0.39, 0.29) is 18.2 Å². The third-order valence-corrected chi connectivity index (χ3v) is 5.83. The molecule has 3 heterocycles. The van der Waals surface area contributed by atoms with Crippen LogP contribution in [0.3, 0.4) is 0 Å². The van der Waals surface area contributed by atoms with Crippen LogP contribution in [-0.4, -0.2) is 66.1 Å². The topological polar surface area (TPSA) is 67.8 Å². The molecule has 0 unspecified atom stereocenters. The lowest BCUT2D eigenvalue weighted by Gasteiger charge is -2.23. The quantitative estimate of drug-likeness (QED) is 0.523. The van der Waals surface area contributed by atoms with E-state index in [0.29, 0.717) is 13.1 Å². The zero-order chi connectivity index (χ0) is 19.5. The van der Waals surface area contributed by atoms with Crippen molar-refractivity contribution in [2.45, 2.75) is 30.1 Å². The molecule has 2 aliphatic heterocycles. The van der Waals surface area contributed by atoms with E-state index in [1.807, 2.05) is 29.4 Å². The molecule has 4 rings (SSSR count). The van der Waals surface area contributed by atoms with Crippen LogP contribution in [0.2, 0.25) is 0 Å². The van der Waals surface area contributed by atoms with E-state index in [1.165, 1.54) is 17.3 Å². The minimum atomic E-state index is -0.197. The Labute approximate surface area is 169 Å². The van der Waals surface area contributed by atoms with Crippen LogP contribution in [0.4, 0.5) is 10.6 Å². The smallest absolute Gasteiger partial charge is 0.410 e. The van der Waals surface area contributed by atoms with Gasteiger partial charge in [0.25, 0.3) is 0 Å². The molecule has 1 amide bonds. The molecule has 0 saturated carbocycles. The van der Waals surface area contributed by atoms with Gasteiger partial charge >= 0.3 is 6.09 Å². The standard InChI is InChI=1S/C20H24N4O3S/c1-26-15-7-5-14(6-8-15)4-3-11-24-16-12-23(13-17(16)27-20(24)25)18-9-10-21-19(22-18)28-2/h5-10,16-17H,3-4,11-13H2,1-2H3/t16-,17+/m0/s1. The number of fused-ring (bicyclic) bond motifs is 1. The van der Waals surface area contributed by atoms with Gasteiger partial charge in [0.05, 0.1) is 19.7 Å². The Hall–Kier alpha value is -2.48. The number of ether oxygens (including phenoxy) is 2. The number of aromatic nitrogens is 2. The van der Waals surface area contributed by atoms with Gasteiger partial charge in [-0.15, -0.1) is 0 Å². The second-order valence-electron chi connectivity index (χ2n) is 6.94. The monoisotopic (exact) mass is 400 g/mol. The molecule has 2 fully saturated rings.